The molecule has 0 aliphatic heterocycles. The summed E-state index contributed by atoms with van der Waals surface area (Å²) in [5.41, 5.74) is 0.874. The highest BCUT2D eigenvalue weighted by Gasteiger charge is 2.14. The van der Waals surface area contributed by atoms with Crippen molar-refractivity contribution in [2.75, 3.05) is 0 Å². The summed E-state index contributed by atoms with van der Waals surface area (Å²) in [7, 11) is 1.72. The Morgan fingerprint density at radius 3 is 3.06 bits per heavy atom. The molecule has 0 aromatic carbocycles. The van der Waals surface area contributed by atoms with E-state index < -0.39 is 5.97 Å². The second-order valence-electron chi connectivity index (χ2n) is 3.62. The highest BCUT2D eigenvalue weighted by atomic mass is 16.4. The van der Waals surface area contributed by atoms with Gasteiger partial charge in [-0.2, -0.15) is 5.10 Å². The fraction of sp³-hybridized carbons (Fsp3) is 0.455. The van der Waals surface area contributed by atoms with Crippen LogP contribution in [0, 0.1) is 12.3 Å². The lowest BCUT2D eigenvalue weighted by atomic mass is 10.2. The van der Waals surface area contributed by atoms with Crippen molar-refractivity contribution < 1.29 is 9.90 Å². The largest absolute Gasteiger partial charge is 0.478 e. The molecule has 0 aliphatic carbocycles. The third-order valence-corrected chi connectivity index (χ3v) is 2.33. The van der Waals surface area contributed by atoms with E-state index >= 15 is 0 Å². The van der Waals surface area contributed by atoms with Crippen molar-refractivity contribution in [3.05, 3.63) is 17.5 Å². The van der Waals surface area contributed by atoms with Gasteiger partial charge in [0.25, 0.3) is 0 Å². The van der Waals surface area contributed by atoms with E-state index in [1.807, 2.05) is 6.92 Å². The van der Waals surface area contributed by atoms with Gasteiger partial charge in [0.15, 0.2) is 0 Å². The molecular formula is C11H15N3O2. The number of aromatic nitrogens is 2. The first-order chi connectivity index (χ1) is 7.56. The van der Waals surface area contributed by atoms with Crippen LogP contribution in [0.5, 0.6) is 0 Å². The van der Waals surface area contributed by atoms with Crippen LogP contribution in [0.3, 0.4) is 0 Å². The molecule has 1 unspecified atom stereocenters. The van der Waals surface area contributed by atoms with E-state index in [1.165, 1.54) is 6.20 Å². The number of hydrogen-bond acceptors (Lipinski definition) is 3. The maximum atomic E-state index is 10.9. The zero-order valence-corrected chi connectivity index (χ0v) is 9.40. The molecule has 1 aromatic rings. The highest BCUT2D eigenvalue weighted by Crippen LogP contribution is 2.07. The first kappa shape index (κ1) is 12.3. The van der Waals surface area contributed by atoms with Crippen LogP contribution in [-0.2, 0) is 13.6 Å². The molecule has 1 aromatic heterocycles. The van der Waals surface area contributed by atoms with E-state index in [4.69, 9.17) is 11.5 Å². The summed E-state index contributed by atoms with van der Waals surface area (Å²) in [5.74, 6) is 1.58. The SMILES string of the molecule is C#CCC(C)NCc1c(C(=O)O)cnn1C. The minimum Gasteiger partial charge on any atom is -0.478 e. The molecule has 2 N–H and O–H groups in total. The number of nitrogens with zero attached hydrogens (tertiary/aromatic N) is 2. The van der Waals surface area contributed by atoms with Crippen molar-refractivity contribution in [3.8, 4) is 12.3 Å². The Hall–Kier alpha value is -1.80. The lowest BCUT2D eigenvalue weighted by molar-refractivity contribution is 0.0695. The van der Waals surface area contributed by atoms with Gasteiger partial charge in [-0.05, 0) is 6.92 Å². The summed E-state index contributed by atoms with van der Waals surface area (Å²) >= 11 is 0. The molecule has 5 heteroatoms. The molecule has 0 radical (unpaired) electrons. The Bertz CT molecular complexity index is 417. The number of aromatic carboxylic acids is 1. The molecule has 5 nitrogen and oxygen atoms in total. The lowest BCUT2D eigenvalue weighted by Crippen LogP contribution is -2.26. The number of nitrogens with one attached hydrogen (secondary N) is 1. The quantitative estimate of drug-likeness (QED) is 0.715. The predicted octanol–water partition coefficient (Wildman–Crippen LogP) is 0.620. The summed E-state index contributed by atoms with van der Waals surface area (Å²) in [4.78, 5) is 10.9. The van der Waals surface area contributed by atoms with Crippen molar-refractivity contribution in [1.29, 1.82) is 0 Å². The number of hydrogen-bond donors (Lipinski definition) is 2. The van der Waals surface area contributed by atoms with Crippen molar-refractivity contribution in [1.82, 2.24) is 15.1 Å². The number of carboxylic acid groups (broad SMARTS) is 1. The summed E-state index contributed by atoms with van der Waals surface area (Å²) in [5, 5.41) is 16.0. The Morgan fingerprint density at radius 2 is 2.50 bits per heavy atom. The molecule has 0 bridgehead atoms. The maximum Gasteiger partial charge on any atom is 0.339 e. The lowest BCUT2D eigenvalue weighted by Gasteiger charge is -2.11. The fourth-order valence-electron chi connectivity index (χ4n) is 1.37. The van der Waals surface area contributed by atoms with Crippen LogP contribution >= 0.6 is 0 Å². The van der Waals surface area contributed by atoms with E-state index in [1.54, 1.807) is 11.7 Å². The van der Waals surface area contributed by atoms with Crippen LogP contribution in [0.4, 0.5) is 0 Å². The number of terminal acetylenes is 1. The topological polar surface area (TPSA) is 67.2 Å². The van der Waals surface area contributed by atoms with Crippen molar-refractivity contribution >= 4 is 5.97 Å². The van der Waals surface area contributed by atoms with Gasteiger partial charge in [-0.3, -0.25) is 4.68 Å². The molecule has 0 saturated carbocycles. The standard InChI is InChI=1S/C11H15N3O2/c1-4-5-8(2)12-7-10-9(11(15)16)6-13-14(10)3/h1,6,8,12H,5,7H2,2-3H3,(H,15,16). The van der Waals surface area contributed by atoms with Crippen molar-refractivity contribution in [2.24, 2.45) is 7.05 Å². The van der Waals surface area contributed by atoms with Crippen LogP contribution in [-0.4, -0.2) is 26.9 Å². The van der Waals surface area contributed by atoms with Gasteiger partial charge in [0.1, 0.15) is 5.56 Å². The zero-order valence-electron chi connectivity index (χ0n) is 9.40. The van der Waals surface area contributed by atoms with E-state index in [2.05, 4.69) is 16.3 Å². The maximum absolute atomic E-state index is 10.9. The first-order valence-corrected chi connectivity index (χ1v) is 4.97. The van der Waals surface area contributed by atoms with Crippen LogP contribution < -0.4 is 5.32 Å². The third kappa shape index (κ3) is 2.84. The molecular weight excluding hydrogens is 206 g/mol. The van der Waals surface area contributed by atoms with E-state index in [0.717, 1.165) is 0 Å². The van der Waals surface area contributed by atoms with Gasteiger partial charge in [0.2, 0.25) is 0 Å². The molecule has 1 atom stereocenters. The van der Waals surface area contributed by atoms with Gasteiger partial charge in [-0.25, -0.2) is 4.79 Å². The Balaban J connectivity index is 2.70. The number of rotatable bonds is 5. The average Bonchev–Trinajstić information content (AvgIpc) is 2.57. The highest BCUT2D eigenvalue weighted by molar-refractivity contribution is 5.88. The predicted molar refractivity (Wildman–Crippen MR) is 59.9 cm³/mol. The molecule has 1 rings (SSSR count). The van der Waals surface area contributed by atoms with Crippen molar-refractivity contribution in [2.45, 2.75) is 25.9 Å². The van der Waals surface area contributed by atoms with Gasteiger partial charge in [0, 0.05) is 26.1 Å². The van der Waals surface area contributed by atoms with Crippen LogP contribution in [0.2, 0.25) is 0 Å². The minimum absolute atomic E-state index is 0.154. The first-order valence-electron chi connectivity index (χ1n) is 4.97. The monoisotopic (exact) mass is 221 g/mol. The van der Waals surface area contributed by atoms with Crippen LogP contribution in [0.25, 0.3) is 0 Å². The Kier molecular flexibility index (Phi) is 4.09. The third-order valence-electron chi connectivity index (χ3n) is 2.33. The molecule has 1 heterocycles. The van der Waals surface area contributed by atoms with Crippen LogP contribution in [0.15, 0.2) is 6.20 Å². The second-order valence-corrected chi connectivity index (χ2v) is 3.62. The van der Waals surface area contributed by atoms with E-state index in [0.29, 0.717) is 18.7 Å². The van der Waals surface area contributed by atoms with E-state index in [9.17, 15) is 4.79 Å². The van der Waals surface area contributed by atoms with Gasteiger partial charge in [-0.1, -0.05) is 0 Å². The zero-order chi connectivity index (χ0) is 12.1. The molecule has 0 aliphatic rings. The Morgan fingerprint density at radius 1 is 1.81 bits per heavy atom. The molecule has 0 amide bonds. The van der Waals surface area contributed by atoms with Crippen LogP contribution in [0.1, 0.15) is 29.4 Å². The molecule has 0 spiro atoms. The molecule has 86 valence electrons. The smallest absolute Gasteiger partial charge is 0.339 e. The summed E-state index contributed by atoms with van der Waals surface area (Å²) in [6.45, 7) is 2.40. The van der Waals surface area contributed by atoms with Gasteiger partial charge in [-0.15, -0.1) is 12.3 Å². The Labute approximate surface area is 94.5 Å². The van der Waals surface area contributed by atoms with Gasteiger partial charge >= 0.3 is 5.97 Å². The van der Waals surface area contributed by atoms with E-state index in [-0.39, 0.29) is 11.6 Å². The minimum atomic E-state index is -0.963. The molecule has 0 saturated heterocycles. The second kappa shape index (κ2) is 5.33. The number of carbonyl (C=O) groups is 1. The summed E-state index contributed by atoms with van der Waals surface area (Å²) in [6.07, 6.45) is 7.15. The number of carboxylic acids is 1. The van der Waals surface area contributed by atoms with Crippen molar-refractivity contribution in [3.63, 3.8) is 0 Å². The summed E-state index contributed by atoms with van der Waals surface area (Å²) < 4.78 is 1.55. The normalized spacial score (nSPS) is 12.1. The molecule has 0 fully saturated rings. The average molecular weight is 221 g/mol. The fourth-order valence-corrected chi connectivity index (χ4v) is 1.37. The molecule has 16 heavy (non-hydrogen) atoms. The van der Waals surface area contributed by atoms with Gasteiger partial charge in [0.05, 0.1) is 11.9 Å². The van der Waals surface area contributed by atoms with Gasteiger partial charge < -0.3 is 10.4 Å². The number of aryl methyl sites for hydroxylation is 1. The summed E-state index contributed by atoms with van der Waals surface area (Å²) in [6, 6.07) is 0.154.